The number of nitrogens with one attached hydrogen (secondary N) is 4. The Bertz CT molecular complexity index is 1260. The molecule has 0 radical (unpaired) electrons. The average Bonchev–Trinajstić information content (AvgIpc) is 3.23. The van der Waals surface area contributed by atoms with Gasteiger partial charge in [0.1, 0.15) is 5.82 Å². The zero-order chi connectivity index (χ0) is 23.4. The van der Waals surface area contributed by atoms with Crippen LogP contribution in [0, 0.1) is 11.3 Å². The van der Waals surface area contributed by atoms with Crippen LogP contribution in [0.15, 0.2) is 53.6 Å². The van der Waals surface area contributed by atoms with Gasteiger partial charge in [-0.2, -0.15) is 0 Å². The Balaban J connectivity index is 1.57. The van der Waals surface area contributed by atoms with Crippen LogP contribution in [0.25, 0.3) is 5.69 Å². The summed E-state index contributed by atoms with van der Waals surface area (Å²) in [5, 5.41) is 17.9. The molecule has 2 aromatic heterocycles. The van der Waals surface area contributed by atoms with Gasteiger partial charge in [0, 0.05) is 55.5 Å². The smallest absolute Gasteiger partial charge is 0.266 e. The van der Waals surface area contributed by atoms with E-state index in [1.165, 1.54) is 10.8 Å². The molecule has 0 aliphatic carbocycles. The van der Waals surface area contributed by atoms with Gasteiger partial charge in [0.05, 0.1) is 28.2 Å². The van der Waals surface area contributed by atoms with E-state index in [-0.39, 0.29) is 17.4 Å². The first-order valence-corrected chi connectivity index (χ1v) is 11.1. The average molecular weight is 485 g/mol. The van der Waals surface area contributed by atoms with Crippen molar-refractivity contribution in [1.82, 2.24) is 14.9 Å². The van der Waals surface area contributed by atoms with Crippen LogP contribution in [-0.2, 0) is 11.3 Å². The number of rotatable bonds is 8. The van der Waals surface area contributed by atoms with Crippen LogP contribution in [0.3, 0.4) is 0 Å². The summed E-state index contributed by atoms with van der Waals surface area (Å²) < 4.78 is 1.39. The summed E-state index contributed by atoms with van der Waals surface area (Å²) in [6.45, 7) is 1.60. The van der Waals surface area contributed by atoms with Gasteiger partial charge in [0.15, 0.2) is 0 Å². The number of pyridine rings is 2. The van der Waals surface area contributed by atoms with E-state index in [1.54, 1.807) is 24.4 Å². The van der Waals surface area contributed by atoms with Crippen molar-refractivity contribution in [2.75, 3.05) is 23.7 Å². The molecule has 1 saturated heterocycles. The number of hydrogen-bond donors (Lipinski definition) is 4. The van der Waals surface area contributed by atoms with Crippen LogP contribution in [0.4, 0.5) is 11.5 Å². The summed E-state index contributed by atoms with van der Waals surface area (Å²) in [5.74, 6) is 0.757. The fraction of sp³-hybridized carbons (Fsp3) is 0.217. The lowest BCUT2D eigenvalue weighted by molar-refractivity contribution is -0.119. The molecular weight excluding hydrogens is 463 g/mol. The fourth-order valence-electron chi connectivity index (χ4n) is 3.63. The molecule has 3 aromatic rings. The van der Waals surface area contributed by atoms with Crippen LogP contribution in [0.5, 0.6) is 0 Å². The molecule has 1 aliphatic rings. The second-order valence-corrected chi connectivity index (χ2v) is 8.50. The number of aromatic nitrogens is 2. The van der Waals surface area contributed by atoms with Crippen molar-refractivity contribution < 1.29 is 4.79 Å². The molecule has 33 heavy (non-hydrogen) atoms. The molecule has 0 bridgehead atoms. The monoisotopic (exact) mass is 484 g/mol. The summed E-state index contributed by atoms with van der Waals surface area (Å²) in [7, 11) is 0. The van der Waals surface area contributed by atoms with Gasteiger partial charge >= 0.3 is 0 Å². The van der Waals surface area contributed by atoms with Crippen LogP contribution in [0.2, 0.25) is 10.0 Å². The minimum Gasteiger partial charge on any atom is -0.380 e. The number of halogens is 2. The maximum absolute atomic E-state index is 13.2. The van der Waals surface area contributed by atoms with Gasteiger partial charge in [-0.25, -0.2) is 4.98 Å². The predicted octanol–water partition coefficient (Wildman–Crippen LogP) is 3.70. The van der Waals surface area contributed by atoms with Crippen LogP contribution >= 0.6 is 23.2 Å². The Morgan fingerprint density at radius 2 is 2.00 bits per heavy atom. The molecule has 10 heteroatoms. The highest BCUT2D eigenvalue weighted by atomic mass is 35.5. The van der Waals surface area contributed by atoms with Gasteiger partial charge in [-0.15, -0.1) is 0 Å². The third-order valence-electron chi connectivity index (χ3n) is 5.43. The van der Waals surface area contributed by atoms with E-state index in [0.717, 1.165) is 11.8 Å². The van der Waals surface area contributed by atoms with E-state index in [1.807, 2.05) is 18.2 Å². The lowest BCUT2D eigenvalue weighted by Crippen LogP contribution is -2.24. The number of amides is 1. The third-order valence-corrected chi connectivity index (χ3v) is 6.09. The molecule has 0 saturated carbocycles. The zero-order valence-corrected chi connectivity index (χ0v) is 19.1. The first kappa shape index (κ1) is 22.8. The van der Waals surface area contributed by atoms with Gasteiger partial charge < -0.3 is 21.4 Å². The highest BCUT2D eigenvalue weighted by Crippen LogP contribution is 2.23. The molecular formula is C23H22Cl2N6O2. The molecule has 1 fully saturated rings. The van der Waals surface area contributed by atoms with Crippen molar-refractivity contribution in [2.24, 2.45) is 5.92 Å². The SMILES string of the molecule is N=Cc1c(NCc2ccccc2Cl)ccn(-c2cc(NCC3CNC(=O)C3)ncc2Cl)c1=O. The first-order chi connectivity index (χ1) is 16.0. The number of hydrogen-bond acceptors (Lipinski definition) is 6. The largest absolute Gasteiger partial charge is 0.380 e. The molecule has 1 aromatic carbocycles. The van der Waals surface area contributed by atoms with Gasteiger partial charge in [-0.3, -0.25) is 14.2 Å². The highest BCUT2D eigenvalue weighted by molar-refractivity contribution is 6.32. The minimum atomic E-state index is -0.390. The van der Waals surface area contributed by atoms with E-state index in [4.69, 9.17) is 28.6 Å². The second kappa shape index (κ2) is 10.1. The minimum absolute atomic E-state index is 0.0421. The van der Waals surface area contributed by atoms with E-state index in [0.29, 0.717) is 53.3 Å². The Morgan fingerprint density at radius 3 is 2.73 bits per heavy atom. The van der Waals surface area contributed by atoms with E-state index >= 15 is 0 Å². The molecule has 1 aliphatic heterocycles. The molecule has 170 valence electrons. The summed E-state index contributed by atoms with van der Waals surface area (Å²) in [6, 6.07) is 10.8. The Labute approximate surface area is 200 Å². The second-order valence-electron chi connectivity index (χ2n) is 7.68. The van der Waals surface area contributed by atoms with Gasteiger partial charge in [-0.1, -0.05) is 41.4 Å². The summed E-state index contributed by atoms with van der Waals surface area (Å²) in [6.07, 6.45) is 4.57. The first-order valence-electron chi connectivity index (χ1n) is 10.4. The topological polar surface area (TPSA) is 112 Å². The number of anilines is 2. The van der Waals surface area contributed by atoms with Crippen molar-refractivity contribution in [3.05, 3.63) is 80.3 Å². The lowest BCUT2D eigenvalue weighted by Gasteiger charge is -2.15. The van der Waals surface area contributed by atoms with E-state index in [2.05, 4.69) is 20.9 Å². The highest BCUT2D eigenvalue weighted by Gasteiger charge is 2.21. The Kier molecular flexibility index (Phi) is 6.96. The number of carbonyl (C=O) groups excluding carboxylic acids is 1. The molecule has 1 unspecified atom stereocenters. The molecule has 4 N–H and O–H groups in total. The normalized spacial score (nSPS) is 15.2. The Hall–Kier alpha value is -3.36. The third kappa shape index (κ3) is 5.18. The van der Waals surface area contributed by atoms with Crippen molar-refractivity contribution in [3.8, 4) is 5.69 Å². The lowest BCUT2D eigenvalue weighted by atomic mass is 10.1. The predicted molar refractivity (Wildman–Crippen MR) is 131 cm³/mol. The number of benzene rings is 1. The summed E-state index contributed by atoms with van der Waals surface area (Å²) >= 11 is 12.6. The standard InChI is InChI=1S/C23H22Cl2N6O2/c24-17-4-2-1-3-15(17)12-27-19-5-6-31(23(33)16(19)9-26)20-8-21(29-13-18(20)25)28-10-14-7-22(32)30-11-14/h1-6,8-9,13-14,26-27H,7,10-12H2,(H,28,29)(H,30,32). The molecule has 8 nitrogen and oxygen atoms in total. The van der Waals surface area contributed by atoms with Crippen molar-refractivity contribution in [3.63, 3.8) is 0 Å². The van der Waals surface area contributed by atoms with Gasteiger partial charge in [-0.05, 0) is 17.7 Å². The van der Waals surface area contributed by atoms with Crippen molar-refractivity contribution >= 4 is 46.8 Å². The molecule has 3 heterocycles. The molecule has 0 spiro atoms. The van der Waals surface area contributed by atoms with Crippen molar-refractivity contribution in [1.29, 1.82) is 5.41 Å². The van der Waals surface area contributed by atoms with Crippen LogP contribution in [0.1, 0.15) is 17.5 Å². The van der Waals surface area contributed by atoms with Gasteiger partial charge in [0.2, 0.25) is 5.91 Å². The molecule has 4 rings (SSSR count). The maximum Gasteiger partial charge on any atom is 0.266 e. The Morgan fingerprint density at radius 1 is 1.18 bits per heavy atom. The van der Waals surface area contributed by atoms with E-state index in [9.17, 15) is 9.59 Å². The molecule has 1 atom stereocenters. The van der Waals surface area contributed by atoms with Crippen molar-refractivity contribution in [2.45, 2.75) is 13.0 Å². The number of carbonyl (C=O) groups is 1. The maximum atomic E-state index is 13.2. The zero-order valence-electron chi connectivity index (χ0n) is 17.6. The van der Waals surface area contributed by atoms with Crippen LogP contribution in [-0.4, -0.2) is 34.8 Å². The van der Waals surface area contributed by atoms with Crippen LogP contribution < -0.4 is 21.5 Å². The van der Waals surface area contributed by atoms with Gasteiger partial charge in [0.25, 0.3) is 5.56 Å². The quantitative estimate of drug-likeness (QED) is 0.364. The van der Waals surface area contributed by atoms with E-state index < -0.39 is 5.56 Å². The number of nitrogens with zero attached hydrogens (tertiary/aromatic N) is 2. The summed E-state index contributed by atoms with van der Waals surface area (Å²) in [4.78, 5) is 28.8. The fourth-order valence-corrected chi connectivity index (χ4v) is 4.03. The summed E-state index contributed by atoms with van der Waals surface area (Å²) in [5.41, 5.74) is 1.65. The molecule has 1 amide bonds.